The number of anilines is 2. The monoisotopic (exact) mass is 394 g/mol. The number of halogens is 1. The molecular weight excluding hydrogens is 375 g/mol. The molecule has 1 amide bonds. The molecule has 4 aromatic heterocycles. The molecule has 29 heavy (non-hydrogen) atoms. The van der Waals surface area contributed by atoms with Crippen LogP contribution in [0.4, 0.5) is 15.9 Å². The Kier molecular flexibility index (Phi) is 3.86. The Balaban J connectivity index is 1.66. The van der Waals surface area contributed by atoms with E-state index in [0.29, 0.717) is 29.1 Å². The number of carbonyl (C=O) groups excluding carboxylic acids is 1. The van der Waals surface area contributed by atoms with Gasteiger partial charge in [0, 0.05) is 39.0 Å². The number of hydrogen-bond acceptors (Lipinski definition) is 6. The topological polar surface area (TPSA) is 101 Å². The highest BCUT2D eigenvalue weighted by molar-refractivity contribution is 6.00. The summed E-state index contributed by atoms with van der Waals surface area (Å²) >= 11 is 0. The van der Waals surface area contributed by atoms with Gasteiger partial charge in [-0.3, -0.25) is 9.20 Å². The molecule has 3 N–H and O–H groups in total. The Labute approximate surface area is 165 Å². The van der Waals surface area contributed by atoms with Crippen molar-refractivity contribution in [2.75, 3.05) is 24.7 Å². The van der Waals surface area contributed by atoms with Crippen molar-refractivity contribution >= 4 is 28.7 Å². The number of hydrogen-bond donors (Lipinski definition) is 3. The van der Waals surface area contributed by atoms with E-state index in [9.17, 15) is 9.18 Å². The first-order chi connectivity index (χ1) is 14.1. The second-order valence-electron chi connectivity index (χ2n) is 6.91. The van der Waals surface area contributed by atoms with Gasteiger partial charge in [-0.05, 0) is 12.1 Å². The summed E-state index contributed by atoms with van der Waals surface area (Å²) < 4.78 is 16.7. The Morgan fingerprint density at radius 2 is 2.07 bits per heavy atom. The zero-order valence-electron chi connectivity index (χ0n) is 15.8. The first-order valence-corrected chi connectivity index (χ1v) is 9.26. The van der Waals surface area contributed by atoms with E-state index in [2.05, 4.69) is 26.0 Å². The number of fused-ring (bicyclic) bond motifs is 2. The predicted molar refractivity (Wildman–Crippen MR) is 107 cm³/mol. The maximum Gasteiger partial charge on any atom is 0.257 e. The molecule has 4 heterocycles. The number of rotatable bonds is 5. The van der Waals surface area contributed by atoms with Gasteiger partial charge in [-0.15, -0.1) is 0 Å². The van der Waals surface area contributed by atoms with Crippen LogP contribution >= 0.6 is 0 Å². The quantitative estimate of drug-likeness (QED) is 0.479. The van der Waals surface area contributed by atoms with Crippen molar-refractivity contribution in [3.05, 3.63) is 42.4 Å². The Morgan fingerprint density at radius 3 is 2.79 bits per heavy atom. The molecule has 2 atom stereocenters. The molecule has 5 rings (SSSR count). The van der Waals surface area contributed by atoms with Crippen LogP contribution in [-0.4, -0.2) is 56.2 Å². The third kappa shape index (κ3) is 2.75. The SMILES string of the molecule is CNc1ccc(-c2cc(NC)n3ncc(C(=O)N[C@@H]4C[C@@H]4F)c3n2)n2ccnc12. The average molecular weight is 394 g/mol. The number of nitrogens with one attached hydrogen (secondary N) is 3. The lowest BCUT2D eigenvalue weighted by molar-refractivity contribution is 0.0949. The molecular formula is C19H19FN8O. The van der Waals surface area contributed by atoms with Crippen molar-refractivity contribution in [1.82, 2.24) is 29.3 Å². The maximum atomic E-state index is 13.2. The molecule has 148 valence electrons. The summed E-state index contributed by atoms with van der Waals surface area (Å²) in [6.07, 6.45) is 4.40. The number of alkyl halides is 1. The fourth-order valence-corrected chi connectivity index (χ4v) is 3.41. The van der Waals surface area contributed by atoms with Crippen molar-refractivity contribution in [1.29, 1.82) is 0 Å². The second kappa shape index (κ2) is 6.43. The van der Waals surface area contributed by atoms with Gasteiger partial charge in [-0.2, -0.15) is 9.61 Å². The molecule has 9 nitrogen and oxygen atoms in total. The van der Waals surface area contributed by atoms with Gasteiger partial charge in [-0.1, -0.05) is 0 Å². The molecule has 1 aliphatic rings. The highest BCUT2D eigenvalue weighted by atomic mass is 19.1. The average Bonchev–Trinajstić information content (AvgIpc) is 3.14. The molecule has 0 saturated heterocycles. The van der Waals surface area contributed by atoms with Gasteiger partial charge in [0.05, 0.1) is 29.3 Å². The molecule has 0 aromatic carbocycles. The molecule has 1 saturated carbocycles. The first kappa shape index (κ1) is 17.4. The summed E-state index contributed by atoms with van der Waals surface area (Å²) in [5.74, 6) is 0.292. The molecule has 4 aromatic rings. The van der Waals surface area contributed by atoms with E-state index in [0.717, 1.165) is 17.0 Å². The van der Waals surface area contributed by atoms with Crippen LogP contribution in [0.3, 0.4) is 0 Å². The van der Waals surface area contributed by atoms with Crippen LogP contribution in [0.15, 0.2) is 36.8 Å². The molecule has 0 radical (unpaired) electrons. The van der Waals surface area contributed by atoms with Crippen LogP contribution in [-0.2, 0) is 0 Å². The van der Waals surface area contributed by atoms with Crippen molar-refractivity contribution < 1.29 is 9.18 Å². The fourth-order valence-electron chi connectivity index (χ4n) is 3.41. The van der Waals surface area contributed by atoms with E-state index in [4.69, 9.17) is 4.98 Å². The van der Waals surface area contributed by atoms with Crippen LogP contribution in [0.2, 0.25) is 0 Å². The van der Waals surface area contributed by atoms with Crippen LogP contribution in [0, 0.1) is 0 Å². The summed E-state index contributed by atoms with van der Waals surface area (Å²) in [6, 6.07) is 5.30. The first-order valence-electron chi connectivity index (χ1n) is 9.26. The zero-order chi connectivity index (χ0) is 20.1. The standard InChI is InChI=1S/C19H19FN8O/c1-21-12-3-4-15(27-6-5-23-18(12)27)14-8-16(22-2)28-17(25-14)10(9-24-28)19(29)26-13-7-11(13)20/h3-6,8-9,11,13,21-22H,7H2,1-2H3,(H,26,29)/t11-,13+/m0/s1. The maximum absolute atomic E-state index is 13.2. The lowest BCUT2D eigenvalue weighted by atomic mass is 10.2. The van der Waals surface area contributed by atoms with Crippen LogP contribution in [0.25, 0.3) is 22.7 Å². The number of imidazole rings is 1. The second-order valence-corrected chi connectivity index (χ2v) is 6.91. The van der Waals surface area contributed by atoms with E-state index in [-0.39, 0.29) is 5.91 Å². The molecule has 0 bridgehead atoms. The third-order valence-electron chi connectivity index (χ3n) is 5.08. The highest BCUT2D eigenvalue weighted by Gasteiger charge is 2.39. The van der Waals surface area contributed by atoms with Gasteiger partial charge in [0.15, 0.2) is 11.3 Å². The highest BCUT2D eigenvalue weighted by Crippen LogP contribution is 2.28. The predicted octanol–water partition coefficient (Wildman–Crippen LogP) is 1.97. The van der Waals surface area contributed by atoms with E-state index in [1.54, 1.807) is 17.8 Å². The van der Waals surface area contributed by atoms with Crippen LogP contribution in [0.1, 0.15) is 16.8 Å². The summed E-state index contributed by atoms with van der Waals surface area (Å²) in [6.45, 7) is 0. The third-order valence-corrected chi connectivity index (χ3v) is 5.08. The molecule has 10 heteroatoms. The summed E-state index contributed by atoms with van der Waals surface area (Å²) in [5.41, 5.74) is 3.82. The molecule has 0 spiro atoms. The van der Waals surface area contributed by atoms with E-state index < -0.39 is 12.2 Å². The van der Waals surface area contributed by atoms with Crippen molar-refractivity contribution in [3.63, 3.8) is 0 Å². The van der Waals surface area contributed by atoms with Gasteiger partial charge in [0.25, 0.3) is 5.91 Å². The Bertz CT molecular complexity index is 1250. The Hall–Kier alpha value is -3.69. The normalized spacial score (nSPS) is 18.2. The number of aromatic nitrogens is 5. The smallest absolute Gasteiger partial charge is 0.257 e. The van der Waals surface area contributed by atoms with Gasteiger partial charge >= 0.3 is 0 Å². The minimum Gasteiger partial charge on any atom is -0.385 e. The number of pyridine rings is 1. The van der Waals surface area contributed by atoms with Crippen molar-refractivity contribution in [2.45, 2.75) is 18.6 Å². The molecule has 1 aliphatic carbocycles. The fraction of sp³-hybridized carbons (Fsp3) is 0.263. The zero-order valence-corrected chi connectivity index (χ0v) is 15.8. The van der Waals surface area contributed by atoms with Crippen molar-refractivity contribution in [3.8, 4) is 11.4 Å². The summed E-state index contributed by atoms with van der Waals surface area (Å²) in [5, 5.41) is 13.2. The van der Waals surface area contributed by atoms with Crippen LogP contribution in [0.5, 0.6) is 0 Å². The minimum atomic E-state index is -0.975. The number of carbonyl (C=O) groups is 1. The van der Waals surface area contributed by atoms with Gasteiger partial charge in [0.1, 0.15) is 17.6 Å². The van der Waals surface area contributed by atoms with Gasteiger partial charge < -0.3 is 16.0 Å². The van der Waals surface area contributed by atoms with E-state index >= 15 is 0 Å². The summed E-state index contributed by atoms with van der Waals surface area (Å²) in [4.78, 5) is 21.7. The molecule has 1 fully saturated rings. The lowest BCUT2D eigenvalue weighted by Crippen LogP contribution is -2.27. The molecule has 0 unspecified atom stereocenters. The number of nitrogens with zero attached hydrogens (tertiary/aromatic N) is 5. The van der Waals surface area contributed by atoms with Crippen molar-refractivity contribution in [2.24, 2.45) is 0 Å². The lowest BCUT2D eigenvalue weighted by Gasteiger charge is -2.11. The Morgan fingerprint density at radius 1 is 1.24 bits per heavy atom. The van der Waals surface area contributed by atoms with Gasteiger partial charge in [-0.25, -0.2) is 14.4 Å². The van der Waals surface area contributed by atoms with E-state index in [1.165, 1.54) is 6.20 Å². The minimum absolute atomic E-state index is 0.302. The summed E-state index contributed by atoms with van der Waals surface area (Å²) in [7, 11) is 3.61. The van der Waals surface area contributed by atoms with E-state index in [1.807, 2.05) is 35.8 Å². The number of amides is 1. The molecule has 0 aliphatic heterocycles. The van der Waals surface area contributed by atoms with Crippen LogP contribution < -0.4 is 16.0 Å². The largest absolute Gasteiger partial charge is 0.385 e. The van der Waals surface area contributed by atoms with Gasteiger partial charge in [0.2, 0.25) is 0 Å².